The predicted octanol–water partition coefficient (Wildman–Crippen LogP) is 4.90. The molecule has 0 fully saturated rings. The van der Waals surface area contributed by atoms with Gasteiger partial charge in [0, 0.05) is 30.8 Å². The number of nitrogens with one attached hydrogen (secondary N) is 4. The van der Waals surface area contributed by atoms with Crippen molar-refractivity contribution >= 4 is 34.8 Å². The Balaban J connectivity index is 1.80. The fourth-order valence-electron chi connectivity index (χ4n) is 5.63. The van der Waals surface area contributed by atoms with E-state index in [-0.39, 0.29) is 34.8 Å². The Kier molecular flexibility index (Phi) is 10.3. The van der Waals surface area contributed by atoms with E-state index in [9.17, 15) is 19.2 Å². The van der Waals surface area contributed by atoms with Crippen LogP contribution in [0.5, 0.6) is 17.2 Å². The number of rotatable bonds is 10. The van der Waals surface area contributed by atoms with E-state index in [2.05, 4.69) is 21.3 Å². The summed E-state index contributed by atoms with van der Waals surface area (Å²) in [6.07, 6.45) is 1.10. The van der Waals surface area contributed by atoms with Crippen LogP contribution >= 0.6 is 0 Å². The summed E-state index contributed by atoms with van der Waals surface area (Å²) in [4.78, 5) is 51.0. The monoisotopic (exact) mass is 616 g/mol. The van der Waals surface area contributed by atoms with Gasteiger partial charge in [0.15, 0.2) is 11.5 Å². The lowest BCUT2D eigenvalue weighted by molar-refractivity contribution is -0.120. The van der Waals surface area contributed by atoms with E-state index >= 15 is 0 Å². The third kappa shape index (κ3) is 7.36. The standard InChI is InChI=1S/C34H40N4O7/c1-18(2)31(34(42)37-23-10-8-9-22(16-23)35-19(3)39)38-27-14-12-24-25(17-28(27)41)26(36-20(4)40)13-11-21-15-29(43-5)32(44-6)33(45-7)30(21)24/h8-10,12,14-18,26,31H,11,13H2,1-7H3,(H,35,39)(H,36,40)(H,37,42)(H,38,41)/t26-,31-/m0/s1. The molecule has 0 aromatic heterocycles. The van der Waals surface area contributed by atoms with Crippen molar-refractivity contribution in [2.24, 2.45) is 5.92 Å². The van der Waals surface area contributed by atoms with Gasteiger partial charge in [0.2, 0.25) is 28.9 Å². The van der Waals surface area contributed by atoms with E-state index in [1.54, 1.807) is 50.6 Å². The minimum absolute atomic E-state index is 0.198. The molecule has 3 aromatic carbocycles. The van der Waals surface area contributed by atoms with E-state index < -0.39 is 12.1 Å². The molecular weight excluding hydrogens is 576 g/mol. The van der Waals surface area contributed by atoms with Gasteiger partial charge in [-0.1, -0.05) is 26.0 Å². The van der Waals surface area contributed by atoms with E-state index in [1.165, 1.54) is 27.0 Å². The first-order chi connectivity index (χ1) is 21.5. The molecule has 11 heteroatoms. The number of carbonyl (C=O) groups excluding carboxylic acids is 3. The minimum atomic E-state index is -0.776. The highest BCUT2D eigenvalue weighted by Gasteiger charge is 2.30. The number of carbonyl (C=O) groups is 3. The van der Waals surface area contributed by atoms with Crippen molar-refractivity contribution < 1.29 is 28.6 Å². The molecular formula is C34H40N4O7. The highest BCUT2D eigenvalue weighted by molar-refractivity contribution is 5.98. The molecule has 0 bridgehead atoms. The number of hydrogen-bond donors (Lipinski definition) is 4. The van der Waals surface area contributed by atoms with Crippen LogP contribution in [0.25, 0.3) is 11.1 Å². The van der Waals surface area contributed by atoms with Crippen LogP contribution < -0.4 is 40.9 Å². The number of methoxy groups -OCH3 is 3. The Morgan fingerprint density at radius 3 is 2.13 bits per heavy atom. The molecule has 1 aliphatic rings. The molecule has 0 saturated carbocycles. The summed E-state index contributed by atoms with van der Waals surface area (Å²) in [5.41, 5.74) is 3.86. The number of aryl methyl sites for hydroxylation is 1. The van der Waals surface area contributed by atoms with Crippen LogP contribution in [0.3, 0.4) is 0 Å². The first-order valence-electron chi connectivity index (χ1n) is 14.7. The zero-order valence-electron chi connectivity index (χ0n) is 26.6. The molecule has 4 rings (SSSR count). The molecule has 0 aliphatic heterocycles. The fraction of sp³-hybridized carbons (Fsp3) is 0.353. The zero-order chi connectivity index (χ0) is 32.8. The van der Waals surface area contributed by atoms with Gasteiger partial charge in [0.05, 0.1) is 33.1 Å². The first-order valence-corrected chi connectivity index (χ1v) is 14.7. The zero-order valence-corrected chi connectivity index (χ0v) is 26.6. The third-order valence-corrected chi connectivity index (χ3v) is 7.63. The predicted molar refractivity (Wildman–Crippen MR) is 174 cm³/mol. The van der Waals surface area contributed by atoms with Gasteiger partial charge < -0.3 is 35.5 Å². The minimum Gasteiger partial charge on any atom is -0.493 e. The number of fused-ring (bicyclic) bond motifs is 3. The maximum Gasteiger partial charge on any atom is 0.247 e. The van der Waals surface area contributed by atoms with Crippen LogP contribution in [0.2, 0.25) is 0 Å². The van der Waals surface area contributed by atoms with Crippen LogP contribution in [0, 0.1) is 5.92 Å². The molecule has 238 valence electrons. The number of anilines is 3. The van der Waals surface area contributed by atoms with Crippen LogP contribution in [-0.4, -0.2) is 45.1 Å². The summed E-state index contributed by atoms with van der Waals surface area (Å²) < 4.78 is 17.1. The number of hydrogen-bond acceptors (Lipinski definition) is 8. The number of amides is 3. The molecule has 2 atom stereocenters. The van der Waals surface area contributed by atoms with Crippen LogP contribution in [0.4, 0.5) is 17.1 Å². The van der Waals surface area contributed by atoms with Crippen molar-refractivity contribution in [3.63, 3.8) is 0 Å². The second-order valence-corrected chi connectivity index (χ2v) is 11.2. The van der Waals surface area contributed by atoms with Crippen molar-refractivity contribution in [2.75, 3.05) is 37.3 Å². The normalized spacial score (nSPS) is 14.2. The molecule has 0 unspecified atom stereocenters. The van der Waals surface area contributed by atoms with Crippen LogP contribution in [-0.2, 0) is 20.8 Å². The van der Waals surface area contributed by atoms with Gasteiger partial charge >= 0.3 is 0 Å². The molecule has 0 radical (unpaired) electrons. The Labute approximate surface area is 262 Å². The van der Waals surface area contributed by atoms with E-state index in [1.807, 2.05) is 19.9 Å². The quantitative estimate of drug-likeness (QED) is 0.252. The molecule has 11 nitrogen and oxygen atoms in total. The number of ether oxygens (including phenoxy) is 3. The van der Waals surface area contributed by atoms with Gasteiger partial charge in [-0.25, -0.2) is 0 Å². The van der Waals surface area contributed by atoms with Gasteiger partial charge in [-0.15, -0.1) is 0 Å². The second kappa shape index (κ2) is 14.1. The van der Waals surface area contributed by atoms with E-state index in [4.69, 9.17) is 14.2 Å². The molecule has 1 aliphatic carbocycles. The van der Waals surface area contributed by atoms with Gasteiger partial charge in [-0.05, 0) is 71.8 Å². The van der Waals surface area contributed by atoms with E-state index in [0.29, 0.717) is 52.6 Å². The molecule has 0 spiro atoms. The Bertz CT molecular complexity index is 1670. The maximum atomic E-state index is 13.8. The molecule has 0 heterocycles. The molecule has 45 heavy (non-hydrogen) atoms. The average Bonchev–Trinajstić information content (AvgIpc) is 3.22. The second-order valence-electron chi connectivity index (χ2n) is 11.2. The highest BCUT2D eigenvalue weighted by Crippen LogP contribution is 2.50. The Morgan fingerprint density at radius 2 is 1.53 bits per heavy atom. The molecule has 0 saturated heterocycles. The van der Waals surface area contributed by atoms with Crippen molar-refractivity contribution in [1.82, 2.24) is 5.32 Å². The lowest BCUT2D eigenvalue weighted by Gasteiger charge is -2.22. The van der Waals surface area contributed by atoms with Crippen LogP contribution in [0.1, 0.15) is 51.3 Å². The highest BCUT2D eigenvalue weighted by atomic mass is 16.5. The lowest BCUT2D eigenvalue weighted by atomic mass is 9.95. The summed E-state index contributed by atoms with van der Waals surface area (Å²) in [6.45, 7) is 6.60. The lowest BCUT2D eigenvalue weighted by Crippen LogP contribution is -2.39. The van der Waals surface area contributed by atoms with Gasteiger partial charge in [-0.3, -0.25) is 19.2 Å². The largest absolute Gasteiger partial charge is 0.493 e. The summed E-state index contributed by atoms with van der Waals surface area (Å²) in [6, 6.07) is 12.4. The van der Waals surface area contributed by atoms with Crippen molar-refractivity contribution in [3.05, 3.63) is 69.9 Å². The van der Waals surface area contributed by atoms with Crippen molar-refractivity contribution in [3.8, 4) is 28.4 Å². The Morgan fingerprint density at radius 1 is 0.844 bits per heavy atom. The van der Waals surface area contributed by atoms with Crippen molar-refractivity contribution in [1.29, 1.82) is 0 Å². The summed E-state index contributed by atoms with van der Waals surface area (Å²) in [7, 11) is 4.62. The molecule has 3 aromatic rings. The maximum absolute atomic E-state index is 13.8. The Hall–Kier alpha value is -5.06. The molecule has 4 N–H and O–H groups in total. The van der Waals surface area contributed by atoms with Crippen molar-refractivity contribution in [2.45, 2.75) is 52.6 Å². The fourth-order valence-corrected chi connectivity index (χ4v) is 5.63. The van der Waals surface area contributed by atoms with E-state index in [0.717, 1.165) is 11.1 Å². The smallest absolute Gasteiger partial charge is 0.247 e. The van der Waals surface area contributed by atoms with Gasteiger partial charge in [0.1, 0.15) is 6.04 Å². The third-order valence-electron chi connectivity index (χ3n) is 7.63. The van der Waals surface area contributed by atoms with Crippen LogP contribution in [0.15, 0.2) is 53.3 Å². The summed E-state index contributed by atoms with van der Waals surface area (Å²) in [5, 5.41) is 11.7. The first kappa shape index (κ1) is 32.8. The topological polar surface area (TPSA) is 144 Å². The molecule has 3 amide bonds. The summed E-state index contributed by atoms with van der Waals surface area (Å²) in [5.74, 6) is 0.369. The SMILES string of the molecule is COc1cc2c(c(OC)c1OC)-c1ccc(N[C@H](C(=O)Nc3cccc(NC(C)=O)c3)C(C)C)c(=O)cc1[C@@H](NC(C)=O)CC2. The van der Waals surface area contributed by atoms with Gasteiger partial charge in [0.25, 0.3) is 0 Å². The number of benzene rings is 2. The summed E-state index contributed by atoms with van der Waals surface area (Å²) >= 11 is 0. The van der Waals surface area contributed by atoms with Gasteiger partial charge in [-0.2, -0.15) is 0 Å². The average molecular weight is 617 g/mol.